The van der Waals surface area contributed by atoms with E-state index < -0.39 is 0 Å². The number of hydrogen-bond acceptors (Lipinski definition) is 1. The van der Waals surface area contributed by atoms with Gasteiger partial charge in [-0.2, -0.15) is 0 Å². The molecule has 0 spiro atoms. The van der Waals surface area contributed by atoms with Crippen molar-refractivity contribution in [2.24, 2.45) is 0 Å². The van der Waals surface area contributed by atoms with Crippen LogP contribution in [0, 0.1) is 0 Å². The molecule has 1 aromatic rings. The predicted octanol–water partition coefficient (Wildman–Crippen LogP) is 1.01. The van der Waals surface area contributed by atoms with E-state index in [9.17, 15) is 0 Å². The van der Waals surface area contributed by atoms with Gasteiger partial charge in [-0.1, -0.05) is 0 Å². The first-order chi connectivity index (χ1) is 4.47. The molecule has 0 N–H and O–H groups in total. The molecule has 43 valence electrons. The molecule has 2 rings (SSSR count). The van der Waals surface area contributed by atoms with Crippen LogP contribution in [-0.4, -0.2) is 10.8 Å². The van der Waals surface area contributed by atoms with Crippen molar-refractivity contribution in [2.45, 2.75) is 0 Å². The van der Waals surface area contributed by atoms with Crippen molar-refractivity contribution in [3.8, 4) is 0 Å². The molecule has 0 aromatic carbocycles. The molecular weight excluding hydrogens is 112 g/mol. The molecule has 0 amide bonds. The molecule has 0 atom stereocenters. The zero-order valence-corrected chi connectivity index (χ0v) is 4.86. The Kier molecular flexibility index (Phi) is 0.803. The highest BCUT2D eigenvalue weighted by Crippen LogP contribution is 2.08. The second kappa shape index (κ2) is 1.58. The van der Waals surface area contributed by atoms with E-state index in [-0.39, 0.29) is 0 Å². The minimum absolute atomic E-state index is 0.998. The molecule has 0 unspecified atom stereocenters. The number of aliphatic imine (C=N–C) groups is 1. The highest BCUT2D eigenvalue weighted by molar-refractivity contribution is 5.78. The molecular formula is C7H6N2+. The Bertz CT molecular complexity index is 242. The first-order valence-corrected chi connectivity index (χ1v) is 2.84. The predicted molar refractivity (Wildman–Crippen MR) is 37.6 cm³/mol. The molecule has 2 nitrogen and oxygen atoms in total. The number of fused-ring (bicyclic) bond motifs is 1. The maximum absolute atomic E-state index is 4.10. The minimum atomic E-state index is 0.998. The maximum Gasteiger partial charge on any atom is 0.327 e. The summed E-state index contributed by atoms with van der Waals surface area (Å²) >= 11 is 0. The van der Waals surface area contributed by atoms with E-state index in [0.717, 1.165) is 5.82 Å². The van der Waals surface area contributed by atoms with E-state index in [2.05, 4.69) is 4.99 Å². The summed E-state index contributed by atoms with van der Waals surface area (Å²) in [6.07, 6.45) is 7.65. The summed E-state index contributed by atoms with van der Waals surface area (Å²) in [6.45, 7) is 0. The molecule has 0 aliphatic carbocycles. The van der Waals surface area contributed by atoms with Gasteiger partial charge in [0, 0.05) is 12.1 Å². The second-order valence-corrected chi connectivity index (χ2v) is 1.89. The van der Waals surface area contributed by atoms with Crippen LogP contribution in [0.2, 0.25) is 0 Å². The normalized spacial score (nSPS) is 13.8. The van der Waals surface area contributed by atoms with Crippen LogP contribution in [0.4, 0.5) is 5.82 Å². The van der Waals surface area contributed by atoms with Gasteiger partial charge in [0.15, 0.2) is 0 Å². The summed E-state index contributed by atoms with van der Waals surface area (Å²) in [5.41, 5.74) is 0. The summed E-state index contributed by atoms with van der Waals surface area (Å²) in [5.74, 6) is 0.998. The fourth-order valence-corrected chi connectivity index (χ4v) is 0.871. The summed E-state index contributed by atoms with van der Waals surface area (Å²) in [4.78, 5) is 4.10. The fraction of sp³-hybridized carbons (Fsp3) is 0. The lowest BCUT2D eigenvalue weighted by molar-refractivity contribution is 1.10. The summed E-state index contributed by atoms with van der Waals surface area (Å²) < 4.78 is 1.97. The van der Waals surface area contributed by atoms with Crippen molar-refractivity contribution in [3.05, 3.63) is 24.4 Å². The van der Waals surface area contributed by atoms with Crippen LogP contribution in [0.5, 0.6) is 0 Å². The van der Waals surface area contributed by atoms with Crippen LogP contribution in [0.3, 0.4) is 0 Å². The molecule has 0 saturated carbocycles. The van der Waals surface area contributed by atoms with Gasteiger partial charge >= 0.3 is 5.82 Å². The Labute approximate surface area is 53.1 Å². The van der Waals surface area contributed by atoms with E-state index >= 15 is 0 Å². The molecule has 0 fully saturated rings. The molecule has 0 bridgehead atoms. The van der Waals surface area contributed by atoms with Crippen molar-refractivity contribution < 1.29 is 0 Å². The standard InChI is InChI=1S/C7H6N2/c1-3-7-8-4-2-6-9(7)5-1/h1-6H/q+1. The van der Waals surface area contributed by atoms with Gasteiger partial charge in [0.2, 0.25) is 0 Å². The van der Waals surface area contributed by atoms with Crippen LogP contribution < -0.4 is 4.99 Å². The lowest BCUT2D eigenvalue weighted by Gasteiger charge is -1.87. The van der Waals surface area contributed by atoms with Crippen LogP contribution in [0.1, 0.15) is 0 Å². The third-order valence-electron chi connectivity index (χ3n) is 1.30. The van der Waals surface area contributed by atoms with E-state index in [1.807, 2.05) is 35.2 Å². The Hall–Kier alpha value is -1.31. The molecule has 1 radical (unpaired) electrons. The van der Waals surface area contributed by atoms with Crippen molar-refractivity contribution >= 4 is 18.2 Å². The van der Waals surface area contributed by atoms with Gasteiger partial charge in [-0.05, 0) is 11.1 Å². The van der Waals surface area contributed by atoms with E-state index in [1.165, 1.54) is 0 Å². The topological polar surface area (TPSA) is 19.0 Å². The monoisotopic (exact) mass is 118 g/mol. The quantitative estimate of drug-likeness (QED) is 0.484. The number of hydrogen-bond donors (Lipinski definition) is 0. The highest BCUT2D eigenvalue weighted by Gasteiger charge is 2.06. The van der Waals surface area contributed by atoms with Gasteiger partial charge in [0.05, 0.1) is 12.4 Å². The maximum atomic E-state index is 4.10. The van der Waals surface area contributed by atoms with E-state index in [1.54, 1.807) is 6.21 Å². The third kappa shape index (κ3) is 0.598. The lowest BCUT2D eigenvalue weighted by Crippen LogP contribution is -1.94. The highest BCUT2D eigenvalue weighted by atomic mass is 15.1. The average Bonchev–Trinajstić information content (AvgIpc) is 2.33. The largest absolute Gasteiger partial charge is 0.327 e. The Balaban J connectivity index is 2.68. The fourth-order valence-electron chi connectivity index (χ4n) is 0.871. The first-order valence-electron chi connectivity index (χ1n) is 2.84. The first kappa shape index (κ1) is 4.56. The van der Waals surface area contributed by atoms with Gasteiger partial charge in [0.1, 0.15) is 6.21 Å². The molecule has 1 aliphatic heterocycles. The Morgan fingerprint density at radius 1 is 1.44 bits per heavy atom. The van der Waals surface area contributed by atoms with Gasteiger partial charge < -0.3 is 0 Å². The van der Waals surface area contributed by atoms with Crippen molar-refractivity contribution in [1.82, 2.24) is 9.56 Å². The zero-order chi connectivity index (χ0) is 6.10. The van der Waals surface area contributed by atoms with Crippen molar-refractivity contribution in [3.63, 3.8) is 0 Å². The molecule has 2 heteroatoms. The van der Waals surface area contributed by atoms with Gasteiger partial charge in [-0.25, -0.2) is 4.57 Å². The van der Waals surface area contributed by atoms with E-state index in [4.69, 9.17) is 0 Å². The number of rotatable bonds is 0. The van der Waals surface area contributed by atoms with Crippen LogP contribution in [0.15, 0.2) is 24.4 Å². The van der Waals surface area contributed by atoms with Gasteiger partial charge in [-0.15, -0.1) is 0 Å². The van der Waals surface area contributed by atoms with Gasteiger partial charge in [-0.3, -0.25) is 0 Å². The molecule has 2 heterocycles. The van der Waals surface area contributed by atoms with Crippen LogP contribution in [0.25, 0.3) is 6.20 Å². The Morgan fingerprint density at radius 3 is 3.33 bits per heavy atom. The minimum Gasteiger partial charge on any atom is -0.203 e. The van der Waals surface area contributed by atoms with E-state index in [0.29, 0.717) is 0 Å². The van der Waals surface area contributed by atoms with Crippen molar-refractivity contribution in [2.75, 3.05) is 0 Å². The number of allylic oxidation sites excluding steroid dienone is 1. The van der Waals surface area contributed by atoms with Crippen LogP contribution in [-0.2, 0) is 0 Å². The summed E-state index contributed by atoms with van der Waals surface area (Å²) in [7, 11) is 0. The molecule has 1 aliphatic rings. The smallest absolute Gasteiger partial charge is 0.203 e. The van der Waals surface area contributed by atoms with Crippen LogP contribution >= 0.6 is 0 Å². The molecule has 1 aromatic heterocycles. The summed E-state index contributed by atoms with van der Waals surface area (Å²) in [5, 5.41) is 0. The number of nitrogens with zero attached hydrogens (tertiary/aromatic N) is 2. The number of aromatic nitrogens is 1. The third-order valence-corrected chi connectivity index (χ3v) is 1.30. The Morgan fingerprint density at radius 2 is 2.44 bits per heavy atom. The zero-order valence-electron chi connectivity index (χ0n) is 4.86. The summed E-state index contributed by atoms with van der Waals surface area (Å²) in [6, 6.07) is 3.95. The SMILES string of the molecule is C1=Cn2cccc2[N+]=C1. The lowest BCUT2D eigenvalue weighted by atomic mass is 10.5. The second-order valence-electron chi connectivity index (χ2n) is 1.89. The average molecular weight is 118 g/mol. The van der Waals surface area contributed by atoms with Crippen molar-refractivity contribution in [1.29, 1.82) is 0 Å². The van der Waals surface area contributed by atoms with Gasteiger partial charge in [0.25, 0.3) is 0 Å². The molecule has 0 saturated heterocycles. The molecule has 9 heavy (non-hydrogen) atoms.